The van der Waals surface area contributed by atoms with Crippen molar-refractivity contribution in [3.8, 4) is 0 Å². The third-order valence-corrected chi connectivity index (χ3v) is 3.60. The molecule has 0 saturated carbocycles. The first-order chi connectivity index (χ1) is 9.75. The summed E-state index contributed by atoms with van der Waals surface area (Å²) in [6, 6.07) is 5.69. The standard InChI is InChI=1S/C14H17N3O3/c18-14(19)17-13-3-1-2-11(12(13)8-16-17)6-10-7-15-4-5-20-9-10/h1-3,8,10,15H,4-7,9H2,(H,18,19). The van der Waals surface area contributed by atoms with Crippen LogP contribution in [0.1, 0.15) is 5.56 Å². The van der Waals surface area contributed by atoms with Crippen LogP contribution in [-0.4, -0.2) is 47.3 Å². The summed E-state index contributed by atoms with van der Waals surface area (Å²) in [6.45, 7) is 3.29. The Morgan fingerprint density at radius 2 is 2.45 bits per heavy atom. The van der Waals surface area contributed by atoms with Gasteiger partial charge in [0.2, 0.25) is 0 Å². The lowest BCUT2D eigenvalue weighted by molar-refractivity contribution is 0.123. The van der Waals surface area contributed by atoms with Crippen molar-refractivity contribution in [2.45, 2.75) is 6.42 Å². The van der Waals surface area contributed by atoms with Gasteiger partial charge in [-0.05, 0) is 24.0 Å². The van der Waals surface area contributed by atoms with Gasteiger partial charge in [-0.2, -0.15) is 9.78 Å². The van der Waals surface area contributed by atoms with E-state index in [2.05, 4.69) is 10.4 Å². The molecule has 2 N–H and O–H groups in total. The molecule has 2 heterocycles. The van der Waals surface area contributed by atoms with Gasteiger partial charge in [-0.1, -0.05) is 12.1 Å². The van der Waals surface area contributed by atoms with Gasteiger partial charge in [-0.15, -0.1) is 0 Å². The van der Waals surface area contributed by atoms with E-state index >= 15 is 0 Å². The molecule has 20 heavy (non-hydrogen) atoms. The van der Waals surface area contributed by atoms with Gasteiger partial charge >= 0.3 is 6.09 Å². The van der Waals surface area contributed by atoms with E-state index in [1.165, 1.54) is 0 Å². The lowest BCUT2D eigenvalue weighted by atomic mass is 9.97. The molecule has 6 heteroatoms. The van der Waals surface area contributed by atoms with E-state index in [0.717, 1.165) is 48.4 Å². The van der Waals surface area contributed by atoms with E-state index in [9.17, 15) is 4.79 Å². The van der Waals surface area contributed by atoms with Crippen molar-refractivity contribution >= 4 is 17.0 Å². The maximum Gasteiger partial charge on any atom is 0.432 e. The number of rotatable bonds is 2. The second kappa shape index (κ2) is 5.60. The molecular formula is C14H17N3O3. The van der Waals surface area contributed by atoms with Crippen LogP contribution in [-0.2, 0) is 11.2 Å². The van der Waals surface area contributed by atoms with E-state index < -0.39 is 6.09 Å². The average molecular weight is 275 g/mol. The molecule has 3 rings (SSSR count). The summed E-state index contributed by atoms with van der Waals surface area (Å²) in [5, 5.41) is 17.3. The number of hydrogen-bond acceptors (Lipinski definition) is 4. The highest BCUT2D eigenvalue weighted by Crippen LogP contribution is 2.21. The molecule has 0 amide bonds. The van der Waals surface area contributed by atoms with Crippen molar-refractivity contribution in [3.63, 3.8) is 0 Å². The van der Waals surface area contributed by atoms with Gasteiger partial charge in [-0.25, -0.2) is 4.79 Å². The van der Waals surface area contributed by atoms with Gasteiger partial charge < -0.3 is 15.2 Å². The Morgan fingerprint density at radius 3 is 3.30 bits per heavy atom. The Labute approximate surface area is 116 Å². The number of aromatic nitrogens is 2. The molecule has 1 aromatic heterocycles. The number of nitrogens with zero attached hydrogens (tertiary/aromatic N) is 2. The zero-order chi connectivity index (χ0) is 13.9. The summed E-state index contributed by atoms with van der Waals surface area (Å²) in [7, 11) is 0. The highest BCUT2D eigenvalue weighted by atomic mass is 16.5. The Balaban J connectivity index is 1.89. The molecule has 1 atom stereocenters. The molecule has 1 saturated heterocycles. The molecule has 0 radical (unpaired) electrons. The van der Waals surface area contributed by atoms with Gasteiger partial charge in [0.15, 0.2) is 0 Å². The minimum Gasteiger partial charge on any atom is -0.463 e. The SMILES string of the molecule is O=C(O)n1ncc2c(CC3CNCCOC3)cccc21. The lowest BCUT2D eigenvalue weighted by Crippen LogP contribution is -2.24. The fourth-order valence-corrected chi connectivity index (χ4v) is 2.64. The number of benzene rings is 1. The zero-order valence-corrected chi connectivity index (χ0v) is 11.1. The van der Waals surface area contributed by atoms with Gasteiger partial charge in [0.25, 0.3) is 0 Å². The maximum absolute atomic E-state index is 11.1. The van der Waals surface area contributed by atoms with Crippen LogP contribution >= 0.6 is 0 Å². The van der Waals surface area contributed by atoms with Crippen LogP contribution in [0.3, 0.4) is 0 Å². The molecule has 1 fully saturated rings. The molecule has 0 bridgehead atoms. The maximum atomic E-state index is 11.1. The second-order valence-corrected chi connectivity index (χ2v) is 5.04. The molecule has 1 unspecified atom stereocenters. The van der Waals surface area contributed by atoms with Crippen molar-refractivity contribution in [2.24, 2.45) is 5.92 Å². The largest absolute Gasteiger partial charge is 0.463 e. The van der Waals surface area contributed by atoms with Gasteiger partial charge in [-0.3, -0.25) is 0 Å². The predicted octanol–water partition coefficient (Wildman–Crippen LogP) is 1.34. The van der Waals surface area contributed by atoms with Crippen molar-refractivity contribution in [1.82, 2.24) is 15.1 Å². The Morgan fingerprint density at radius 1 is 1.55 bits per heavy atom. The van der Waals surface area contributed by atoms with Crippen molar-refractivity contribution in [1.29, 1.82) is 0 Å². The van der Waals surface area contributed by atoms with Crippen LogP contribution < -0.4 is 5.32 Å². The number of hydrogen-bond donors (Lipinski definition) is 2. The molecule has 6 nitrogen and oxygen atoms in total. The fourth-order valence-electron chi connectivity index (χ4n) is 2.64. The molecule has 1 aliphatic heterocycles. The lowest BCUT2D eigenvalue weighted by Gasteiger charge is -2.14. The Kier molecular flexibility index (Phi) is 3.66. The second-order valence-electron chi connectivity index (χ2n) is 5.04. The average Bonchev–Trinajstić information content (AvgIpc) is 2.71. The third-order valence-electron chi connectivity index (χ3n) is 3.60. The first kappa shape index (κ1) is 13.1. The summed E-state index contributed by atoms with van der Waals surface area (Å²) in [5.41, 5.74) is 1.75. The van der Waals surface area contributed by atoms with Crippen LogP contribution in [0.25, 0.3) is 10.9 Å². The number of nitrogens with one attached hydrogen (secondary N) is 1. The smallest absolute Gasteiger partial charge is 0.432 e. The van der Waals surface area contributed by atoms with E-state index in [0.29, 0.717) is 11.4 Å². The number of fused-ring (bicyclic) bond motifs is 1. The van der Waals surface area contributed by atoms with E-state index in [4.69, 9.17) is 9.84 Å². The molecule has 1 aliphatic rings. The van der Waals surface area contributed by atoms with Crippen molar-refractivity contribution in [3.05, 3.63) is 30.0 Å². The number of ether oxygens (including phenoxy) is 1. The van der Waals surface area contributed by atoms with E-state index in [-0.39, 0.29) is 0 Å². The first-order valence-electron chi connectivity index (χ1n) is 6.73. The molecule has 2 aromatic rings. The molecule has 0 aliphatic carbocycles. The van der Waals surface area contributed by atoms with Crippen LogP contribution in [0.4, 0.5) is 4.79 Å². The quantitative estimate of drug-likeness (QED) is 0.865. The number of carboxylic acid groups (broad SMARTS) is 1. The van der Waals surface area contributed by atoms with E-state index in [1.807, 2.05) is 12.1 Å². The predicted molar refractivity (Wildman–Crippen MR) is 74.0 cm³/mol. The fraction of sp³-hybridized carbons (Fsp3) is 0.429. The summed E-state index contributed by atoms with van der Waals surface area (Å²) < 4.78 is 6.57. The van der Waals surface area contributed by atoms with Gasteiger partial charge in [0.1, 0.15) is 0 Å². The van der Waals surface area contributed by atoms with Gasteiger partial charge in [0, 0.05) is 18.5 Å². The summed E-state index contributed by atoms with van der Waals surface area (Å²) in [5.74, 6) is 0.399. The van der Waals surface area contributed by atoms with Gasteiger partial charge in [0.05, 0.1) is 24.9 Å². The minimum absolute atomic E-state index is 0.399. The van der Waals surface area contributed by atoms with Crippen LogP contribution in [0, 0.1) is 5.92 Å². The minimum atomic E-state index is -1.06. The number of carbonyl (C=O) groups is 1. The van der Waals surface area contributed by atoms with Crippen LogP contribution in [0.2, 0.25) is 0 Å². The molecule has 0 spiro atoms. The summed E-state index contributed by atoms with van der Waals surface area (Å²) in [6.07, 6.45) is 1.43. The Bertz CT molecular complexity index is 615. The monoisotopic (exact) mass is 275 g/mol. The zero-order valence-electron chi connectivity index (χ0n) is 11.1. The highest BCUT2D eigenvalue weighted by Gasteiger charge is 2.16. The van der Waals surface area contributed by atoms with E-state index in [1.54, 1.807) is 12.3 Å². The van der Waals surface area contributed by atoms with Crippen LogP contribution in [0.5, 0.6) is 0 Å². The first-order valence-corrected chi connectivity index (χ1v) is 6.73. The summed E-state index contributed by atoms with van der Waals surface area (Å²) in [4.78, 5) is 11.1. The highest BCUT2D eigenvalue weighted by molar-refractivity contribution is 5.89. The van der Waals surface area contributed by atoms with Crippen molar-refractivity contribution < 1.29 is 14.6 Å². The topological polar surface area (TPSA) is 76.4 Å². The third kappa shape index (κ3) is 2.52. The van der Waals surface area contributed by atoms with Crippen molar-refractivity contribution in [2.75, 3.05) is 26.3 Å². The van der Waals surface area contributed by atoms with Crippen LogP contribution in [0.15, 0.2) is 24.4 Å². The molecule has 1 aromatic carbocycles. The molecule has 106 valence electrons. The molecular weight excluding hydrogens is 258 g/mol. The summed E-state index contributed by atoms with van der Waals surface area (Å²) >= 11 is 0. The Hall–Kier alpha value is -1.92. The normalized spacial score (nSPS) is 19.9.